The average molecular weight is 259 g/mol. The molecule has 1 heterocycles. The van der Waals surface area contributed by atoms with Gasteiger partial charge in [0.1, 0.15) is 0 Å². The van der Waals surface area contributed by atoms with Crippen LogP contribution >= 0.6 is 0 Å². The summed E-state index contributed by atoms with van der Waals surface area (Å²) in [5.41, 5.74) is 7.23. The summed E-state index contributed by atoms with van der Waals surface area (Å²) in [6, 6.07) is 4.47. The Morgan fingerprint density at radius 3 is 2.58 bits per heavy atom. The van der Waals surface area contributed by atoms with E-state index >= 15 is 0 Å². The van der Waals surface area contributed by atoms with Crippen molar-refractivity contribution < 1.29 is 4.79 Å². The first-order valence-electron chi connectivity index (χ1n) is 7.20. The molecule has 0 aromatic carbocycles. The minimum atomic E-state index is 0.0439. The summed E-state index contributed by atoms with van der Waals surface area (Å²) < 4.78 is 0. The second kappa shape index (κ2) is 5.29. The number of amides is 1. The number of carbonyl (C=O) groups is 1. The second-order valence-electron chi connectivity index (χ2n) is 5.75. The van der Waals surface area contributed by atoms with Crippen molar-refractivity contribution in [3.8, 4) is 0 Å². The maximum atomic E-state index is 12.7. The topological polar surface area (TPSA) is 59.2 Å². The molecule has 4 heteroatoms. The van der Waals surface area contributed by atoms with Crippen molar-refractivity contribution in [1.82, 2.24) is 9.88 Å². The van der Waals surface area contributed by atoms with Crippen molar-refractivity contribution >= 4 is 5.91 Å². The third-order valence-electron chi connectivity index (χ3n) is 4.26. The van der Waals surface area contributed by atoms with Gasteiger partial charge < -0.3 is 10.6 Å². The van der Waals surface area contributed by atoms with Crippen molar-refractivity contribution in [3.05, 3.63) is 30.1 Å². The summed E-state index contributed by atoms with van der Waals surface area (Å²) in [7, 11) is 0. The summed E-state index contributed by atoms with van der Waals surface area (Å²) in [6.45, 7) is 0.704. The van der Waals surface area contributed by atoms with Crippen molar-refractivity contribution in [2.24, 2.45) is 11.7 Å². The molecule has 2 aliphatic carbocycles. The van der Waals surface area contributed by atoms with Gasteiger partial charge in [-0.3, -0.25) is 9.78 Å². The highest BCUT2D eigenvalue weighted by Crippen LogP contribution is 2.33. The third-order valence-corrected chi connectivity index (χ3v) is 4.26. The number of carbonyl (C=O) groups excluding carboxylic acids is 1. The first-order chi connectivity index (χ1) is 9.25. The Kier molecular flexibility index (Phi) is 3.51. The zero-order valence-electron chi connectivity index (χ0n) is 11.2. The van der Waals surface area contributed by atoms with Crippen LogP contribution in [0.5, 0.6) is 0 Å². The van der Waals surface area contributed by atoms with Crippen LogP contribution in [0.15, 0.2) is 24.5 Å². The van der Waals surface area contributed by atoms with Crippen molar-refractivity contribution in [3.63, 3.8) is 0 Å². The molecule has 2 unspecified atom stereocenters. The lowest BCUT2D eigenvalue weighted by Gasteiger charge is -2.27. The first kappa shape index (κ1) is 12.6. The summed E-state index contributed by atoms with van der Waals surface area (Å²) in [5.74, 6) is 0.312. The Labute approximate surface area is 114 Å². The van der Waals surface area contributed by atoms with Gasteiger partial charge in [0.25, 0.3) is 0 Å². The maximum Gasteiger partial charge on any atom is 0.227 e. The SMILES string of the molecule is NC1CCCC1C(=O)N(Cc1ccncc1)C1CC1. The quantitative estimate of drug-likeness (QED) is 0.895. The lowest BCUT2D eigenvalue weighted by molar-refractivity contribution is -0.137. The number of hydrogen-bond donors (Lipinski definition) is 1. The summed E-state index contributed by atoms with van der Waals surface area (Å²) in [4.78, 5) is 18.7. The number of aromatic nitrogens is 1. The number of pyridine rings is 1. The van der Waals surface area contributed by atoms with E-state index in [0.717, 1.165) is 37.7 Å². The third kappa shape index (κ3) is 2.78. The Morgan fingerprint density at radius 1 is 1.26 bits per heavy atom. The molecule has 2 saturated carbocycles. The second-order valence-corrected chi connectivity index (χ2v) is 5.75. The molecule has 2 aliphatic rings. The molecule has 4 nitrogen and oxygen atoms in total. The van der Waals surface area contributed by atoms with Gasteiger partial charge in [-0.2, -0.15) is 0 Å². The Balaban J connectivity index is 1.72. The van der Waals surface area contributed by atoms with E-state index in [0.29, 0.717) is 12.6 Å². The Bertz CT molecular complexity index is 444. The molecule has 3 rings (SSSR count). The van der Waals surface area contributed by atoms with Crippen LogP contribution in [0.1, 0.15) is 37.7 Å². The normalized spacial score (nSPS) is 26.4. The van der Waals surface area contributed by atoms with Crippen molar-refractivity contribution in [2.45, 2.75) is 50.7 Å². The predicted octanol–water partition coefficient (Wildman–Crippen LogP) is 1.70. The van der Waals surface area contributed by atoms with Crippen LogP contribution in [0.3, 0.4) is 0 Å². The van der Waals surface area contributed by atoms with E-state index in [1.54, 1.807) is 12.4 Å². The van der Waals surface area contributed by atoms with Crippen LogP contribution in [0, 0.1) is 5.92 Å². The Morgan fingerprint density at radius 2 is 2.00 bits per heavy atom. The standard InChI is InChI=1S/C15H21N3O/c16-14-3-1-2-13(14)15(19)18(12-4-5-12)10-11-6-8-17-9-7-11/h6-9,12-14H,1-5,10,16H2. The molecule has 1 aromatic heterocycles. The molecular formula is C15H21N3O. The molecule has 0 spiro atoms. The van der Waals surface area contributed by atoms with Crippen LogP contribution < -0.4 is 5.73 Å². The smallest absolute Gasteiger partial charge is 0.227 e. The molecule has 0 saturated heterocycles. The minimum absolute atomic E-state index is 0.0439. The zero-order chi connectivity index (χ0) is 13.2. The lowest BCUT2D eigenvalue weighted by atomic mass is 10.0. The molecule has 0 bridgehead atoms. The van der Waals surface area contributed by atoms with E-state index < -0.39 is 0 Å². The average Bonchev–Trinajstić information content (AvgIpc) is 3.18. The van der Waals surface area contributed by atoms with Crippen LogP contribution in [0.4, 0.5) is 0 Å². The summed E-state index contributed by atoms with van der Waals surface area (Å²) >= 11 is 0. The van der Waals surface area contributed by atoms with E-state index in [-0.39, 0.29) is 17.9 Å². The van der Waals surface area contributed by atoms with E-state index in [9.17, 15) is 4.79 Å². The van der Waals surface area contributed by atoms with E-state index in [2.05, 4.69) is 4.98 Å². The molecule has 0 radical (unpaired) electrons. The highest BCUT2D eigenvalue weighted by Gasteiger charge is 2.39. The lowest BCUT2D eigenvalue weighted by Crippen LogP contribution is -2.42. The maximum absolute atomic E-state index is 12.7. The van der Waals surface area contributed by atoms with Gasteiger partial charge in [-0.05, 0) is 43.4 Å². The number of nitrogens with zero attached hydrogens (tertiary/aromatic N) is 2. The van der Waals surface area contributed by atoms with E-state index in [4.69, 9.17) is 5.73 Å². The molecule has 0 aliphatic heterocycles. The van der Waals surface area contributed by atoms with Crippen molar-refractivity contribution in [2.75, 3.05) is 0 Å². The van der Waals surface area contributed by atoms with E-state index in [1.165, 1.54) is 0 Å². The molecule has 2 atom stereocenters. The fourth-order valence-electron chi connectivity index (χ4n) is 2.97. The molecule has 2 N–H and O–H groups in total. The molecule has 2 fully saturated rings. The highest BCUT2D eigenvalue weighted by atomic mass is 16.2. The van der Waals surface area contributed by atoms with Crippen molar-refractivity contribution in [1.29, 1.82) is 0 Å². The van der Waals surface area contributed by atoms with Gasteiger partial charge in [0.15, 0.2) is 0 Å². The highest BCUT2D eigenvalue weighted by molar-refractivity contribution is 5.80. The van der Waals surface area contributed by atoms with Crippen LogP contribution in [0.25, 0.3) is 0 Å². The van der Waals surface area contributed by atoms with Crippen LogP contribution in [0.2, 0.25) is 0 Å². The van der Waals surface area contributed by atoms with Gasteiger partial charge in [0.2, 0.25) is 5.91 Å². The molecular weight excluding hydrogens is 238 g/mol. The molecule has 1 amide bonds. The van der Waals surface area contributed by atoms with Gasteiger partial charge in [-0.25, -0.2) is 0 Å². The first-order valence-corrected chi connectivity index (χ1v) is 7.20. The van der Waals surface area contributed by atoms with Gasteiger partial charge in [-0.1, -0.05) is 6.42 Å². The van der Waals surface area contributed by atoms with Crippen LogP contribution in [-0.4, -0.2) is 27.9 Å². The Hall–Kier alpha value is -1.42. The van der Waals surface area contributed by atoms with E-state index in [1.807, 2.05) is 17.0 Å². The monoisotopic (exact) mass is 259 g/mol. The van der Waals surface area contributed by atoms with Gasteiger partial charge in [0.05, 0.1) is 5.92 Å². The van der Waals surface area contributed by atoms with Gasteiger partial charge >= 0.3 is 0 Å². The molecule has 102 valence electrons. The number of hydrogen-bond acceptors (Lipinski definition) is 3. The molecule has 1 aromatic rings. The number of rotatable bonds is 4. The summed E-state index contributed by atoms with van der Waals surface area (Å²) in [6.07, 6.45) is 8.88. The van der Waals surface area contributed by atoms with Gasteiger partial charge in [-0.15, -0.1) is 0 Å². The molecule has 19 heavy (non-hydrogen) atoms. The van der Waals surface area contributed by atoms with Crippen LogP contribution in [-0.2, 0) is 11.3 Å². The summed E-state index contributed by atoms with van der Waals surface area (Å²) in [5, 5.41) is 0. The zero-order valence-corrected chi connectivity index (χ0v) is 11.2. The largest absolute Gasteiger partial charge is 0.335 e. The fourth-order valence-corrected chi connectivity index (χ4v) is 2.97. The number of nitrogens with two attached hydrogens (primary N) is 1. The fraction of sp³-hybridized carbons (Fsp3) is 0.600. The van der Waals surface area contributed by atoms with Gasteiger partial charge in [0, 0.05) is 31.0 Å². The minimum Gasteiger partial charge on any atom is -0.335 e. The predicted molar refractivity (Wildman–Crippen MR) is 73.1 cm³/mol.